The summed E-state index contributed by atoms with van der Waals surface area (Å²) in [4.78, 5) is 4.64. The van der Waals surface area contributed by atoms with Crippen molar-refractivity contribution in [3.63, 3.8) is 0 Å². The van der Waals surface area contributed by atoms with Gasteiger partial charge in [-0.1, -0.05) is 17.8 Å². The third-order valence-electron chi connectivity index (χ3n) is 4.81. The van der Waals surface area contributed by atoms with E-state index in [-0.39, 0.29) is 37.3 Å². The molecule has 30 heavy (non-hydrogen) atoms. The lowest BCUT2D eigenvalue weighted by Crippen LogP contribution is -2.62. The summed E-state index contributed by atoms with van der Waals surface area (Å²) in [6.07, 6.45) is -21.3. The fourth-order valence-corrected chi connectivity index (χ4v) is 4.69. The number of morpholine rings is 1. The maximum absolute atomic E-state index is 13.9. The lowest BCUT2D eigenvalue weighted by molar-refractivity contribution is -0.246. The molecule has 0 spiro atoms. The van der Waals surface area contributed by atoms with Crippen LogP contribution in [0, 0.1) is 0 Å². The quantitative estimate of drug-likeness (QED) is 0.520. The highest BCUT2D eigenvalue weighted by atomic mass is 32.2. The molecule has 0 aromatic carbocycles. The molecule has 1 atom stereocenters. The van der Waals surface area contributed by atoms with Gasteiger partial charge in [0.15, 0.2) is 0 Å². The van der Waals surface area contributed by atoms with Gasteiger partial charge in [-0.2, -0.15) is 39.5 Å². The van der Waals surface area contributed by atoms with E-state index in [1.54, 1.807) is 11.0 Å². The number of nitrogens with zero attached hydrogens (tertiary/aromatic N) is 2. The molecule has 3 aliphatic rings. The summed E-state index contributed by atoms with van der Waals surface area (Å²) in [5.41, 5.74) is -2.42. The first kappa shape index (κ1) is 23.2. The summed E-state index contributed by atoms with van der Waals surface area (Å²) in [5.74, 6) is 0. The molecule has 0 aromatic rings. The average molecular weight is 472 g/mol. The number of rotatable bonds is 2. The van der Waals surface area contributed by atoms with Gasteiger partial charge < -0.3 is 9.64 Å². The van der Waals surface area contributed by atoms with Crippen LogP contribution in [0.4, 0.5) is 43.9 Å². The Morgan fingerprint density at radius 2 is 1.57 bits per heavy atom. The van der Waals surface area contributed by atoms with Gasteiger partial charge in [0.2, 0.25) is 6.17 Å². The summed E-state index contributed by atoms with van der Waals surface area (Å²) in [5, 5.41) is -0.901. The fraction of sp³-hybridized carbons (Fsp3) is 0.688. The second-order valence-corrected chi connectivity index (χ2v) is 7.89. The molecule has 0 saturated carbocycles. The zero-order valence-corrected chi connectivity index (χ0v) is 15.7. The first-order chi connectivity index (χ1) is 13.7. The van der Waals surface area contributed by atoms with E-state index in [2.05, 4.69) is 4.99 Å². The fourth-order valence-electron chi connectivity index (χ4n) is 3.44. The molecule has 170 valence electrons. The standard InChI is InChI=1S/C16H14F10N2OS/c17-10(14(18,19)20)11-13(15(21,22)23,16(24,25)26)30-12(27-11)8-2-1-3-9(8)28-4-6-29-7-5-28/h3,10H,1-2,4-7H2/b12-8-. The topological polar surface area (TPSA) is 24.8 Å². The van der Waals surface area contributed by atoms with Crippen LogP contribution < -0.4 is 0 Å². The zero-order valence-electron chi connectivity index (χ0n) is 14.9. The Morgan fingerprint density at radius 3 is 2.07 bits per heavy atom. The van der Waals surface area contributed by atoms with Gasteiger partial charge in [0.05, 0.1) is 18.9 Å². The van der Waals surface area contributed by atoms with E-state index in [1.807, 2.05) is 0 Å². The number of alkyl halides is 10. The van der Waals surface area contributed by atoms with E-state index in [1.165, 1.54) is 0 Å². The van der Waals surface area contributed by atoms with Crippen LogP contribution in [0.3, 0.4) is 0 Å². The minimum atomic E-state index is -6.27. The van der Waals surface area contributed by atoms with Crippen molar-refractivity contribution in [1.82, 2.24) is 4.90 Å². The number of ether oxygens (including phenoxy) is 1. The second-order valence-electron chi connectivity index (χ2n) is 6.69. The third-order valence-corrected chi connectivity index (χ3v) is 6.32. The molecule has 14 heteroatoms. The van der Waals surface area contributed by atoms with Crippen LogP contribution >= 0.6 is 11.8 Å². The Kier molecular flexibility index (Phi) is 5.89. The average Bonchev–Trinajstić information content (AvgIpc) is 3.25. The van der Waals surface area contributed by atoms with Crippen LogP contribution in [-0.2, 0) is 4.74 Å². The van der Waals surface area contributed by atoms with Gasteiger partial charge in [-0.3, -0.25) is 0 Å². The van der Waals surface area contributed by atoms with Crippen LogP contribution in [0.2, 0.25) is 0 Å². The lowest BCUT2D eigenvalue weighted by Gasteiger charge is -2.35. The number of allylic oxidation sites excluding steroid dienone is 2. The van der Waals surface area contributed by atoms with Crippen molar-refractivity contribution in [2.45, 2.75) is 42.3 Å². The van der Waals surface area contributed by atoms with E-state index in [9.17, 15) is 43.9 Å². The monoisotopic (exact) mass is 472 g/mol. The molecule has 0 N–H and O–H groups in total. The Balaban J connectivity index is 2.15. The highest BCUT2D eigenvalue weighted by Gasteiger charge is 2.79. The minimum Gasteiger partial charge on any atom is -0.378 e. The largest absolute Gasteiger partial charge is 0.425 e. The summed E-state index contributed by atoms with van der Waals surface area (Å²) < 4.78 is 134. The number of thioether (sulfide) groups is 1. The first-order valence-corrected chi connectivity index (χ1v) is 9.40. The van der Waals surface area contributed by atoms with Crippen LogP contribution in [0.5, 0.6) is 0 Å². The Hall–Kier alpha value is -1.44. The molecule has 3 nitrogen and oxygen atoms in total. The lowest BCUT2D eigenvalue weighted by atomic mass is 9.96. The molecular formula is C16H14F10N2OS. The van der Waals surface area contributed by atoms with Gasteiger partial charge in [-0.25, -0.2) is 9.38 Å². The van der Waals surface area contributed by atoms with Crippen LogP contribution in [0.15, 0.2) is 27.4 Å². The van der Waals surface area contributed by atoms with Crippen molar-refractivity contribution in [2.24, 2.45) is 4.99 Å². The Labute approximate surface area is 167 Å². The first-order valence-electron chi connectivity index (χ1n) is 8.59. The van der Waals surface area contributed by atoms with E-state index in [0.717, 1.165) is 0 Å². The number of aliphatic imine (C=N–C) groups is 1. The SMILES string of the molecule is FC(C1=N/C(=C2\CCC=C2N2CCOCC2)SC1(C(F)(F)F)C(F)(F)F)C(F)(F)F. The molecule has 1 aliphatic carbocycles. The molecule has 1 unspecified atom stereocenters. The highest BCUT2D eigenvalue weighted by Crippen LogP contribution is 2.61. The smallest absolute Gasteiger partial charge is 0.378 e. The molecule has 1 fully saturated rings. The second kappa shape index (κ2) is 7.61. The van der Waals surface area contributed by atoms with Crippen molar-refractivity contribution in [3.05, 3.63) is 22.4 Å². The maximum Gasteiger partial charge on any atom is 0.425 e. The Bertz CT molecular complexity index is 760. The Morgan fingerprint density at radius 1 is 1.00 bits per heavy atom. The molecule has 0 aromatic heterocycles. The molecule has 0 radical (unpaired) electrons. The van der Waals surface area contributed by atoms with Gasteiger partial charge in [0.1, 0.15) is 5.03 Å². The van der Waals surface area contributed by atoms with Crippen LogP contribution in [0.1, 0.15) is 12.8 Å². The zero-order chi connectivity index (χ0) is 22.5. The van der Waals surface area contributed by atoms with Crippen molar-refractivity contribution in [1.29, 1.82) is 0 Å². The van der Waals surface area contributed by atoms with Crippen molar-refractivity contribution < 1.29 is 48.6 Å². The third kappa shape index (κ3) is 3.80. The van der Waals surface area contributed by atoms with E-state index in [0.29, 0.717) is 13.1 Å². The van der Waals surface area contributed by atoms with Gasteiger partial charge in [-0.05, 0) is 12.8 Å². The van der Waals surface area contributed by atoms with Crippen molar-refractivity contribution in [3.8, 4) is 0 Å². The molecule has 1 saturated heterocycles. The maximum atomic E-state index is 13.9. The molecule has 3 rings (SSSR count). The van der Waals surface area contributed by atoms with Gasteiger partial charge >= 0.3 is 18.5 Å². The predicted octanol–water partition coefficient (Wildman–Crippen LogP) is 5.16. The highest BCUT2D eigenvalue weighted by molar-refractivity contribution is 8.05. The van der Waals surface area contributed by atoms with Crippen LogP contribution in [0.25, 0.3) is 0 Å². The molecular weight excluding hydrogens is 458 g/mol. The van der Waals surface area contributed by atoms with Crippen molar-refractivity contribution in [2.75, 3.05) is 26.3 Å². The van der Waals surface area contributed by atoms with E-state index in [4.69, 9.17) is 4.74 Å². The van der Waals surface area contributed by atoms with Gasteiger partial charge in [0.25, 0.3) is 4.75 Å². The van der Waals surface area contributed by atoms with Crippen LogP contribution in [-0.4, -0.2) is 66.4 Å². The normalized spacial score (nSPS) is 26.7. The summed E-state index contributed by atoms with van der Waals surface area (Å²) >= 11 is -0.923. The van der Waals surface area contributed by atoms with E-state index >= 15 is 0 Å². The van der Waals surface area contributed by atoms with Gasteiger partial charge in [0, 0.05) is 24.4 Å². The molecule has 2 heterocycles. The van der Waals surface area contributed by atoms with Gasteiger partial charge in [-0.15, -0.1) is 0 Å². The minimum absolute atomic E-state index is 0.0272. The summed E-state index contributed by atoms with van der Waals surface area (Å²) in [6, 6.07) is 0. The van der Waals surface area contributed by atoms with Crippen molar-refractivity contribution >= 4 is 17.5 Å². The molecule has 0 amide bonds. The summed E-state index contributed by atoms with van der Waals surface area (Å²) in [7, 11) is 0. The molecule has 0 bridgehead atoms. The molecule has 2 aliphatic heterocycles. The van der Waals surface area contributed by atoms with E-state index < -0.39 is 52.0 Å². The predicted molar refractivity (Wildman–Crippen MR) is 87.6 cm³/mol. The summed E-state index contributed by atoms with van der Waals surface area (Å²) in [6.45, 7) is 1.11. The number of hydrogen-bond donors (Lipinski definition) is 0. The number of halogens is 10. The number of hydrogen-bond acceptors (Lipinski definition) is 4.